The van der Waals surface area contributed by atoms with Crippen molar-refractivity contribution in [3.05, 3.63) is 10.9 Å². The lowest BCUT2D eigenvalue weighted by Gasteiger charge is -2.39. The number of piperidine rings is 1. The molecule has 0 aromatic carbocycles. The Labute approximate surface area is 124 Å². The first-order valence-electron chi connectivity index (χ1n) is 7.29. The average molecular weight is 290 g/mol. The van der Waals surface area contributed by atoms with Gasteiger partial charge >= 0.3 is 0 Å². The number of hydrogen-bond acceptors (Lipinski definition) is 5. The van der Waals surface area contributed by atoms with Gasteiger partial charge in [-0.2, -0.15) is 4.98 Å². The predicted molar refractivity (Wildman–Crippen MR) is 86.4 cm³/mol. The van der Waals surface area contributed by atoms with Gasteiger partial charge in [0.05, 0.1) is 5.39 Å². The number of nitrogens with two attached hydrogens (primary N) is 1. The number of thiophene rings is 1. The monoisotopic (exact) mass is 290 g/mol. The Kier molecular flexibility index (Phi) is 3.32. The molecule has 108 valence electrons. The molecule has 4 nitrogen and oxygen atoms in total. The molecule has 1 aliphatic rings. The van der Waals surface area contributed by atoms with E-state index in [1.165, 1.54) is 24.1 Å². The smallest absolute Gasteiger partial charge is 0.223 e. The Morgan fingerprint density at radius 3 is 2.70 bits per heavy atom. The zero-order chi connectivity index (χ0) is 14.3. The highest BCUT2D eigenvalue weighted by molar-refractivity contribution is 7.18. The van der Waals surface area contributed by atoms with Crippen LogP contribution in [0.1, 0.15) is 38.0 Å². The van der Waals surface area contributed by atoms with E-state index in [-0.39, 0.29) is 0 Å². The first-order chi connectivity index (χ1) is 9.50. The highest BCUT2D eigenvalue weighted by atomic mass is 32.1. The van der Waals surface area contributed by atoms with Gasteiger partial charge in [-0.05, 0) is 31.2 Å². The minimum Gasteiger partial charge on any atom is -0.368 e. The van der Waals surface area contributed by atoms with Crippen LogP contribution in [0.15, 0.2) is 6.07 Å². The van der Waals surface area contributed by atoms with E-state index < -0.39 is 0 Å². The Morgan fingerprint density at radius 2 is 2.05 bits per heavy atom. The Morgan fingerprint density at radius 1 is 1.35 bits per heavy atom. The molecule has 3 heterocycles. The number of fused-ring (bicyclic) bond motifs is 1. The maximum absolute atomic E-state index is 5.88. The zero-order valence-electron chi connectivity index (χ0n) is 12.4. The normalized spacial score (nSPS) is 18.6. The second kappa shape index (κ2) is 4.88. The van der Waals surface area contributed by atoms with Crippen molar-refractivity contribution in [1.82, 2.24) is 9.97 Å². The van der Waals surface area contributed by atoms with Crippen molar-refractivity contribution in [2.45, 2.75) is 40.0 Å². The van der Waals surface area contributed by atoms with Crippen molar-refractivity contribution in [1.29, 1.82) is 0 Å². The van der Waals surface area contributed by atoms with Crippen LogP contribution in [-0.2, 0) is 0 Å². The molecule has 0 saturated carbocycles. The molecular weight excluding hydrogens is 268 g/mol. The van der Waals surface area contributed by atoms with E-state index in [0.717, 1.165) is 29.1 Å². The molecule has 3 rings (SSSR count). The Bertz CT molecular complexity index is 626. The molecule has 1 aliphatic heterocycles. The molecule has 1 fully saturated rings. The summed E-state index contributed by atoms with van der Waals surface area (Å²) in [6.45, 7) is 8.91. The topological polar surface area (TPSA) is 55.0 Å². The van der Waals surface area contributed by atoms with Gasteiger partial charge in [0, 0.05) is 18.0 Å². The second-order valence-electron chi connectivity index (χ2n) is 6.13. The summed E-state index contributed by atoms with van der Waals surface area (Å²) >= 11 is 1.69. The molecule has 0 radical (unpaired) electrons. The first kappa shape index (κ1) is 13.6. The quantitative estimate of drug-likeness (QED) is 0.918. The van der Waals surface area contributed by atoms with E-state index >= 15 is 0 Å². The third kappa shape index (κ3) is 2.35. The van der Waals surface area contributed by atoms with E-state index in [0.29, 0.717) is 11.4 Å². The van der Waals surface area contributed by atoms with Gasteiger partial charge in [-0.1, -0.05) is 20.3 Å². The van der Waals surface area contributed by atoms with E-state index in [1.54, 1.807) is 11.3 Å². The number of hydrogen-bond donors (Lipinski definition) is 1. The fraction of sp³-hybridized carbons (Fsp3) is 0.600. The van der Waals surface area contributed by atoms with Gasteiger partial charge < -0.3 is 10.6 Å². The zero-order valence-corrected chi connectivity index (χ0v) is 13.3. The van der Waals surface area contributed by atoms with Crippen LogP contribution < -0.4 is 10.6 Å². The molecule has 2 N–H and O–H groups in total. The predicted octanol–water partition coefficient (Wildman–Crippen LogP) is 3.60. The van der Waals surface area contributed by atoms with Gasteiger partial charge in [0.2, 0.25) is 5.95 Å². The van der Waals surface area contributed by atoms with Gasteiger partial charge in [-0.3, -0.25) is 0 Å². The summed E-state index contributed by atoms with van der Waals surface area (Å²) in [5.41, 5.74) is 6.36. The molecule has 2 aromatic heterocycles. The Balaban J connectivity index is 1.95. The van der Waals surface area contributed by atoms with Crippen molar-refractivity contribution < 1.29 is 0 Å². The number of nitrogen functional groups attached to an aromatic ring is 1. The van der Waals surface area contributed by atoms with Gasteiger partial charge in [0.25, 0.3) is 0 Å². The molecule has 0 bridgehead atoms. The number of anilines is 2. The Hall–Kier alpha value is -1.36. The molecule has 0 amide bonds. The van der Waals surface area contributed by atoms with Crippen LogP contribution in [-0.4, -0.2) is 23.1 Å². The highest BCUT2D eigenvalue weighted by Crippen LogP contribution is 2.38. The number of aryl methyl sites for hydroxylation is 1. The number of nitrogens with zero attached hydrogens (tertiary/aromatic N) is 3. The van der Waals surface area contributed by atoms with Crippen molar-refractivity contribution in [3.8, 4) is 0 Å². The summed E-state index contributed by atoms with van der Waals surface area (Å²) in [6, 6.07) is 2.18. The van der Waals surface area contributed by atoms with E-state index in [9.17, 15) is 0 Å². The minimum atomic E-state index is 0.387. The number of rotatable bonds is 2. The van der Waals surface area contributed by atoms with Crippen molar-refractivity contribution in [3.63, 3.8) is 0 Å². The molecule has 2 aromatic rings. The van der Waals surface area contributed by atoms with E-state index in [2.05, 4.69) is 41.7 Å². The molecule has 0 atom stereocenters. The molecular formula is C15H22N4S. The lowest BCUT2D eigenvalue weighted by Crippen LogP contribution is -2.39. The van der Waals surface area contributed by atoms with E-state index in [1.807, 2.05) is 0 Å². The minimum absolute atomic E-state index is 0.387. The molecule has 0 unspecified atom stereocenters. The maximum Gasteiger partial charge on any atom is 0.223 e. The van der Waals surface area contributed by atoms with Crippen LogP contribution in [0.5, 0.6) is 0 Å². The van der Waals surface area contributed by atoms with Crippen LogP contribution in [0.4, 0.5) is 11.8 Å². The van der Waals surface area contributed by atoms with Crippen LogP contribution in [0.3, 0.4) is 0 Å². The van der Waals surface area contributed by atoms with Crippen LogP contribution >= 0.6 is 11.3 Å². The van der Waals surface area contributed by atoms with Crippen LogP contribution in [0.25, 0.3) is 10.2 Å². The fourth-order valence-electron chi connectivity index (χ4n) is 2.90. The second-order valence-corrected chi connectivity index (χ2v) is 7.37. The van der Waals surface area contributed by atoms with E-state index in [4.69, 9.17) is 5.73 Å². The van der Waals surface area contributed by atoms with Gasteiger partial charge in [-0.25, -0.2) is 4.98 Å². The lowest BCUT2D eigenvalue weighted by atomic mass is 9.78. The molecule has 5 heteroatoms. The van der Waals surface area contributed by atoms with Crippen LogP contribution in [0.2, 0.25) is 0 Å². The fourth-order valence-corrected chi connectivity index (χ4v) is 3.78. The molecule has 0 spiro atoms. The van der Waals surface area contributed by atoms with Gasteiger partial charge in [0.1, 0.15) is 10.6 Å². The van der Waals surface area contributed by atoms with Crippen molar-refractivity contribution in [2.24, 2.45) is 5.41 Å². The van der Waals surface area contributed by atoms with Crippen molar-refractivity contribution in [2.75, 3.05) is 23.7 Å². The largest absolute Gasteiger partial charge is 0.368 e. The lowest BCUT2D eigenvalue weighted by molar-refractivity contribution is 0.238. The van der Waals surface area contributed by atoms with Crippen LogP contribution in [0, 0.1) is 12.3 Å². The summed E-state index contributed by atoms with van der Waals surface area (Å²) in [7, 11) is 0. The summed E-state index contributed by atoms with van der Waals surface area (Å²) in [5, 5.41) is 1.15. The average Bonchev–Trinajstić information content (AvgIpc) is 2.79. The third-order valence-corrected chi connectivity index (χ3v) is 5.58. The van der Waals surface area contributed by atoms with Gasteiger partial charge in [-0.15, -0.1) is 11.3 Å². The molecule has 1 saturated heterocycles. The molecule has 20 heavy (non-hydrogen) atoms. The standard InChI is InChI=1S/C15H22N4S/c1-4-15(3)5-7-19(8-6-15)12-11-9-10(2)20-13(11)18-14(16)17-12/h9H,4-8H2,1-3H3,(H2,16,17,18). The highest BCUT2D eigenvalue weighted by Gasteiger charge is 2.29. The first-order valence-corrected chi connectivity index (χ1v) is 8.11. The van der Waals surface area contributed by atoms with Gasteiger partial charge in [0.15, 0.2) is 0 Å². The third-order valence-electron chi connectivity index (χ3n) is 4.64. The maximum atomic E-state index is 5.88. The summed E-state index contributed by atoms with van der Waals surface area (Å²) < 4.78 is 0. The SMILES string of the molecule is CCC1(C)CCN(c2nc(N)nc3sc(C)cc23)CC1. The summed E-state index contributed by atoms with van der Waals surface area (Å²) in [4.78, 5) is 13.5. The summed E-state index contributed by atoms with van der Waals surface area (Å²) in [5.74, 6) is 1.41. The van der Waals surface area contributed by atoms with Crippen molar-refractivity contribution >= 4 is 33.3 Å². The number of aromatic nitrogens is 2. The summed E-state index contributed by atoms with van der Waals surface area (Å²) in [6.07, 6.45) is 3.69. The molecule has 0 aliphatic carbocycles.